The third-order valence-corrected chi connectivity index (χ3v) is 2.09. The minimum Gasteiger partial charge on any atom is -0.478 e. The second kappa shape index (κ2) is 7.41. The fourth-order valence-electron chi connectivity index (χ4n) is 1.12. The molecule has 0 bridgehead atoms. The number of hydrogen-bond donors (Lipinski definition) is 1. The third-order valence-electron chi connectivity index (χ3n) is 2.09. The van der Waals surface area contributed by atoms with Crippen molar-refractivity contribution in [3.05, 3.63) is 54.6 Å². The Bertz CT molecular complexity index is 378. The van der Waals surface area contributed by atoms with E-state index in [1.165, 1.54) is 5.56 Å². The zero-order valence-corrected chi connectivity index (χ0v) is 9.58. The zero-order chi connectivity index (χ0) is 12.5. The van der Waals surface area contributed by atoms with Gasteiger partial charge in [-0.05, 0) is 12.0 Å². The van der Waals surface area contributed by atoms with Gasteiger partial charge in [-0.3, -0.25) is 0 Å². The molecule has 1 aliphatic rings. The lowest BCUT2D eigenvalue weighted by molar-refractivity contribution is -0.131. The molecule has 3 heteroatoms. The lowest BCUT2D eigenvalue weighted by Crippen LogP contribution is -1.82. The standard InChI is InChI=1S/C11H12O.C3H4O2/c1-2-5-10(6-3-1)7-4-8-11-9-12-11;1-2-3(4)5/h1-7,11H,8-9H2;2H,1H2,(H,4,5). The van der Waals surface area contributed by atoms with Crippen molar-refractivity contribution in [3.63, 3.8) is 0 Å². The van der Waals surface area contributed by atoms with Crippen LogP contribution in [0, 0.1) is 0 Å². The maximum absolute atomic E-state index is 9.25. The lowest BCUT2D eigenvalue weighted by atomic mass is 10.2. The first-order valence-electron chi connectivity index (χ1n) is 5.41. The minimum atomic E-state index is -0.981. The van der Waals surface area contributed by atoms with Crippen molar-refractivity contribution in [1.82, 2.24) is 0 Å². The van der Waals surface area contributed by atoms with Gasteiger partial charge in [-0.25, -0.2) is 4.79 Å². The molecule has 1 N–H and O–H groups in total. The molecule has 1 atom stereocenters. The fourth-order valence-corrected chi connectivity index (χ4v) is 1.12. The van der Waals surface area contributed by atoms with E-state index >= 15 is 0 Å². The quantitative estimate of drug-likeness (QED) is 0.641. The van der Waals surface area contributed by atoms with E-state index in [1.54, 1.807) is 0 Å². The molecule has 1 fully saturated rings. The van der Waals surface area contributed by atoms with Gasteiger partial charge in [0, 0.05) is 6.08 Å². The molecule has 90 valence electrons. The van der Waals surface area contributed by atoms with Crippen LogP contribution in [0.5, 0.6) is 0 Å². The Kier molecular flexibility index (Phi) is 5.75. The number of carboxylic acids is 1. The van der Waals surface area contributed by atoms with Crippen molar-refractivity contribution < 1.29 is 14.6 Å². The van der Waals surface area contributed by atoms with Gasteiger partial charge in [0.05, 0.1) is 12.7 Å². The summed E-state index contributed by atoms with van der Waals surface area (Å²) in [5.74, 6) is -0.981. The third kappa shape index (κ3) is 7.09. The summed E-state index contributed by atoms with van der Waals surface area (Å²) in [5.41, 5.74) is 1.26. The number of benzene rings is 1. The molecular formula is C14H16O3. The van der Waals surface area contributed by atoms with Gasteiger partial charge in [0.15, 0.2) is 0 Å². The van der Waals surface area contributed by atoms with Crippen LogP contribution in [0.2, 0.25) is 0 Å². The van der Waals surface area contributed by atoms with Gasteiger partial charge in [-0.1, -0.05) is 49.1 Å². The molecule has 1 aromatic carbocycles. The normalized spacial score (nSPS) is 17.1. The summed E-state index contributed by atoms with van der Waals surface area (Å²) in [6.45, 7) is 3.90. The topological polar surface area (TPSA) is 49.8 Å². The maximum Gasteiger partial charge on any atom is 0.327 e. The maximum atomic E-state index is 9.25. The molecule has 1 aliphatic heterocycles. The summed E-state index contributed by atoms with van der Waals surface area (Å²) in [6, 6.07) is 10.3. The average Bonchev–Trinajstić information content (AvgIpc) is 3.15. The summed E-state index contributed by atoms with van der Waals surface area (Å²) in [7, 11) is 0. The number of epoxide rings is 1. The van der Waals surface area contributed by atoms with Crippen LogP contribution in [0.3, 0.4) is 0 Å². The van der Waals surface area contributed by atoms with E-state index in [1.807, 2.05) is 18.2 Å². The van der Waals surface area contributed by atoms with Crippen LogP contribution >= 0.6 is 0 Å². The predicted octanol–water partition coefficient (Wildman–Crippen LogP) is 2.75. The Balaban J connectivity index is 0.000000249. The Morgan fingerprint density at radius 3 is 2.53 bits per heavy atom. The first-order valence-corrected chi connectivity index (χ1v) is 5.41. The van der Waals surface area contributed by atoms with Gasteiger partial charge in [-0.2, -0.15) is 0 Å². The second-order valence-corrected chi connectivity index (χ2v) is 3.55. The number of carbonyl (C=O) groups is 1. The van der Waals surface area contributed by atoms with Gasteiger partial charge >= 0.3 is 5.97 Å². The molecule has 0 spiro atoms. The molecule has 1 saturated heterocycles. The van der Waals surface area contributed by atoms with E-state index in [9.17, 15) is 4.79 Å². The van der Waals surface area contributed by atoms with E-state index in [0.29, 0.717) is 6.10 Å². The van der Waals surface area contributed by atoms with Crippen LogP contribution in [0.4, 0.5) is 0 Å². The summed E-state index contributed by atoms with van der Waals surface area (Å²) in [5, 5.41) is 7.60. The molecule has 0 saturated carbocycles. The highest BCUT2D eigenvalue weighted by molar-refractivity contribution is 5.78. The molecule has 2 rings (SSSR count). The first kappa shape index (κ1) is 13.2. The van der Waals surface area contributed by atoms with Crippen LogP contribution in [-0.2, 0) is 9.53 Å². The molecular weight excluding hydrogens is 216 g/mol. The highest BCUT2D eigenvalue weighted by Gasteiger charge is 2.19. The van der Waals surface area contributed by atoms with Crippen LogP contribution < -0.4 is 0 Å². The lowest BCUT2D eigenvalue weighted by Gasteiger charge is -1.89. The van der Waals surface area contributed by atoms with Gasteiger partial charge in [-0.15, -0.1) is 0 Å². The van der Waals surface area contributed by atoms with E-state index < -0.39 is 5.97 Å². The summed E-state index contributed by atoms with van der Waals surface area (Å²) in [6.07, 6.45) is 6.70. The zero-order valence-electron chi connectivity index (χ0n) is 9.58. The Labute approximate surface area is 101 Å². The number of ether oxygens (including phenoxy) is 1. The van der Waals surface area contributed by atoms with Crippen LogP contribution in [-0.4, -0.2) is 23.8 Å². The number of carboxylic acid groups (broad SMARTS) is 1. The smallest absolute Gasteiger partial charge is 0.327 e. The average molecular weight is 232 g/mol. The number of aliphatic carboxylic acids is 1. The van der Waals surface area contributed by atoms with Crippen LogP contribution in [0.25, 0.3) is 6.08 Å². The van der Waals surface area contributed by atoms with E-state index in [0.717, 1.165) is 19.1 Å². The van der Waals surface area contributed by atoms with Gasteiger partial charge in [0.1, 0.15) is 0 Å². The van der Waals surface area contributed by atoms with Crippen molar-refractivity contribution in [1.29, 1.82) is 0 Å². The SMILES string of the molecule is C(=Cc1ccccc1)CC1CO1.C=CC(=O)O. The highest BCUT2D eigenvalue weighted by Crippen LogP contribution is 2.14. The molecule has 1 heterocycles. The Hall–Kier alpha value is -1.87. The summed E-state index contributed by atoms with van der Waals surface area (Å²) >= 11 is 0. The van der Waals surface area contributed by atoms with Crippen molar-refractivity contribution >= 4 is 12.0 Å². The molecule has 0 radical (unpaired) electrons. The summed E-state index contributed by atoms with van der Waals surface area (Å²) in [4.78, 5) is 9.25. The van der Waals surface area contributed by atoms with Gasteiger partial charge < -0.3 is 9.84 Å². The molecule has 1 aromatic rings. The molecule has 0 aromatic heterocycles. The Morgan fingerprint density at radius 2 is 2.06 bits per heavy atom. The van der Waals surface area contributed by atoms with Gasteiger partial charge in [0.25, 0.3) is 0 Å². The van der Waals surface area contributed by atoms with Crippen molar-refractivity contribution in [2.24, 2.45) is 0 Å². The molecule has 3 nitrogen and oxygen atoms in total. The molecule has 0 amide bonds. The van der Waals surface area contributed by atoms with Crippen molar-refractivity contribution in [2.45, 2.75) is 12.5 Å². The number of rotatable bonds is 4. The summed E-state index contributed by atoms with van der Waals surface area (Å²) < 4.78 is 5.10. The largest absolute Gasteiger partial charge is 0.478 e. The second-order valence-electron chi connectivity index (χ2n) is 3.55. The van der Waals surface area contributed by atoms with Crippen molar-refractivity contribution in [3.8, 4) is 0 Å². The van der Waals surface area contributed by atoms with E-state index in [4.69, 9.17) is 9.84 Å². The predicted molar refractivity (Wildman–Crippen MR) is 67.7 cm³/mol. The molecule has 1 unspecified atom stereocenters. The monoisotopic (exact) mass is 232 g/mol. The van der Waals surface area contributed by atoms with Crippen molar-refractivity contribution in [2.75, 3.05) is 6.61 Å². The molecule has 0 aliphatic carbocycles. The fraction of sp³-hybridized carbons (Fsp3) is 0.214. The first-order chi connectivity index (χ1) is 8.22. The Morgan fingerprint density at radius 1 is 1.47 bits per heavy atom. The van der Waals surface area contributed by atoms with Crippen LogP contribution in [0.15, 0.2) is 49.1 Å². The number of hydrogen-bond acceptors (Lipinski definition) is 2. The van der Waals surface area contributed by atoms with E-state index in [-0.39, 0.29) is 0 Å². The van der Waals surface area contributed by atoms with Gasteiger partial charge in [0.2, 0.25) is 0 Å². The molecule has 17 heavy (non-hydrogen) atoms. The highest BCUT2D eigenvalue weighted by atomic mass is 16.6. The van der Waals surface area contributed by atoms with Crippen LogP contribution in [0.1, 0.15) is 12.0 Å². The minimum absolute atomic E-state index is 0.505. The van der Waals surface area contributed by atoms with E-state index in [2.05, 4.69) is 30.9 Å².